The fraction of sp³-hybridized carbons (Fsp3) is 0.304. The molecule has 0 radical (unpaired) electrons. The van der Waals surface area contributed by atoms with Crippen molar-refractivity contribution in [2.75, 3.05) is 0 Å². The molecule has 0 spiro atoms. The molecule has 138 valence electrons. The van der Waals surface area contributed by atoms with Crippen molar-refractivity contribution in [1.82, 2.24) is 14.3 Å². The van der Waals surface area contributed by atoms with Crippen LogP contribution in [0.1, 0.15) is 30.8 Å². The van der Waals surface area contributed by atoms with Crippen molar-refractivity contribution in [2.24, 2.45) is 13.0 Å². The van der Waals surface area contributed by atoms with Gasteiger partial charge >= 0.3 is 0 Å². The van der Waals surface area contributed by atoms with Gasteiger partial charge in [0.05, 0.1) is 11.1 Å². The summed E-state index contributed by atoms with van der Waals surface area (Å²) in [7, 11) is 1.74. The van der Waals surface area contributed by atoms with Gasteiger partial charge in [0.15, 0.2) is 0 Å². The van der Waals surface area contributed by atoms with Crippen molar-refractivity contribution in [3.8, 4) is 0 Å². The zero-order valence-corrected chi connectivity index (χ0v) is 16.4. The van der Waals surface area contributed by atoms with E-state index in [2.05, 4.69) is 72.2 Å². The molecule has 0 saturated carbocycles. The van der Waals surface area contributed by atoms with E-state index in [9.17, 15) is 4.79 Å². The Hall–Kier alpha value is -2.88. The summed E-state index contributed by atoms with van der Waals surface area (Å²) in [6.07, 6.45) is 2.97. The molecule has 0 bridgehead atoms. The summed E-state index contributed by atoms with van der Waals surface area (Å²) < 4.78 is 3.68. The molecule has 0 amide bonds. The number of benzene rings is 2. The Balaban J connectivity index is 1.89. The average Bonchev–Trinajstić information content (AvgIpc) is 2.96. The van der Waals surface area contributed by atoms with Gasteiger partial charge < -0.3 is 4.57 Å². The molecule has 4 nitrogen and oxygen atoms in total. The lowest BCUT2D eigenvalue weighted by Gasteiger charge is -2.09. The second-order valence-electron chi connectivity index (χ2n) is 7.74. The predicted molar refractivity (Wildman–Crippen MR) is 111 cm³/mol. The van der Waals surface area contributed by atoms with Crippen molar-refractivity contribution < 1.29 is 0 Å². The first-order valence-electron chi connectivity index (χ1n) is 9.48. The Morgan fingerprint density at radius 1 is 1.04 bits per heavy atom. The van der Waals surface area contributed by atoms with Crippen LogP contribution in [0, 0.1) is 12.8 Å². The average molecular weight is 359 g/mol. The third-order valence-corrected chi connectivity index (χ3v) is 5.26. The molecule has 4 heteroatoms. The summed E-state index contributed by atoms with van der Waals surface area (Å²) in [5.41, 5.74) is 3.24. The van der Waals surface area contributed by atoms with Crippen LogP contribution in [0.2, 0.25) is 0 Å². The lowest BCUT2D eigenvalue weighted by atomic mass is 10.0. The molecule has 0 unspecified atom stereocenters. The number of nitrogens with zero attached hydrogens (tertiary/aromatic N) is 3. The molecule has 0 saturated heterocycles. The maximum absolute atomic E-state index is 12.8. The van der Waals surface area contributed by atoms with Crippen LogP contribution in [0.15, 0.2) is 53.5 Å². The molecule has 27 heavy (non-hydrogen) atoms. The topological polar surface area (TPSA) is 39.8 Å². The van der Waals surface area contributed by atoms with E-state index in [1.165, 1.54) is 21.0 Å². The third kappa shape index (κ3) is 3.05. The van der Waals surface area contributed by atoms with Crippen LogP contribution in [0.4, 0.5) is 0 Å². The van der Waals surface area contributed by atoms with Gasteiger partial charge in [-0.1, -0.05) is 56.3 Å². The lowest BCUT2D eigenvalue weighted by Crippen LogP contribution is -2.22. The molecule has 0 fully saturated rings. The number of aryl methyl sites for hydroxylation is 2. The highest BCUT2D eigenvalue weighted by Gasteiger charge is 2.17. The Morgan fingerprint density at radius 2 is 1.78 bits per heavy atom. The highest BCUT2D eigenvalue weighted by molar-refractivity contribution is 5.88. The highest BCUT2D eigenvalue weighted by atomic mass is 16.1. The summed E-state index contributed by atoms with van der Waals surface area (Å²) in [4.78, 5) is 12.8. The van der Waals surface area contributed by atoms with Crippen molar-refractivity contribution in [1.29, 1.82) is 0 Å². The van der Waals surface area contributed by atoms with E-state index in [0.717, 1.165) is 35.1 Å². The minimum absolute atomic E-state index is 0.0216. The van der Waals surface area contributed by atoms with Crippen LogP contribution >= 0.6 is 0 Å². The third-order valence-electron chi connectivity index (χ3n) is 5.26. The quantitative estimate of drug-likeness (QED) is 0.540. The standard InChI is InChI=1S/C23H25N3O/c1-15(2)12-21-20-14-26(16(3)22(20)23(27)25(4)24-21)13-18-10-7-9-17-8-5-6-11-19(17)18/h5-11,14-15H,12-13H2,1-4H3. The summed E-state index contributed by atoms with van der Waals surface area (Å²) in [5.74, 6) is 0.486. The van der Waals surface area contributed by atoms with Gasteiger partial charge in [0.1, 0.15) is 0 Å². The molecular formula is C23H25N3O. The highest BCUT2D eigenvalue weighted by Crippen LogP contribution is 2.25. The second-order valence-corrected chi connectivity index (χ2v) is 7.74. The van der Waals surface area contributed by atoms with Crippen molar-refractivity contribution >= 4 is 21.5 Å². The summed E-state index contributed by atoms with van der Waals surface area (Å²) in [6.45, 7) is 7.14. The van der Waals surface area contributed by atoms with Gasteiger partial charge in [-0.05, 0) is 35.6 Å². The van der Waals surface area contributed by atoms with Gasteiger partial charge in [0, 0.05) is 30.9 Å². The SMILES string of the molecule is Cc1c2c(=O)n(C)nc(CC(C)C)c2cn1Cc1cccc2ccccc12. The molecule has 0 aliphatic carbocycles. The summed E-state index contributed by atoms with van der Waals surface area (Å²) in [5, 5.41) is 8.82. The molecule has 2 aromatic heterocycles. The van der Waals surface area contributed by atoms with Crippen LogP contribution < -0.4 is 5.56 Å². The summed E-state index contributed by atoms with van der Waals surface area (Å²) >= 11 is 0. The molecule has 4 rings (SSSR count). The zero-order valence-electron chi connectivity index (χ0n) is 16.4. The van der Waals surface area contributed by atoms with E-state index in [1.54, 1.807) is 7.05 Å². The van der Waals surface area contributed by atoms with E-state index in [4.69, 9.17) is 0 Å². The van der Waals surface area contributed by atoms with Crippen LogP contribution in [0.5, 0.6) is 0 Å². The lowest BCUT2D eigenvalue weighted by molar-refractivity contribution is 0.605. The zero-order chi connectivity index (χ0) is 19.1. The van der Waals surface area contributed by atoms with Crippen LogP contribution in [-0.4, -0.2) is 14.3 Å². The van der Waals surface area contributed by atoms with Gasteiger partial charge in [-0.2, -0.15) is 5.10 Å². The first kappa shape index (κ1) is 17.5. The van der Waals surface area contributed by atoms with E-state index in [-0.39, 0.29) is 5.56 Å². The van der Waals surface area contributed by atoms with Gasteiger partial charge in [0.25, 0.3) is 5.56 Å². The normalized spacial score (nSPS) is 11.7. The number of aromatic nitrogens is 3. The van der Waals surface area contributed by atoms with Crippen molar-refractivity contribution in [3.63, 3.8) is 0 Å². The van der Waals surface area contributed by atoms with Gasteiger partial charge in [-0.3, -0.25) is 4.79 Å². The minimum Gasteiger partial charge on any atom is -0.346 e. The van der Waals surface area contributed by atoms with Crippen LogP contribution in [-0.2, 0) is 20.0 Å². The largest absolute Gasteiger partial charge is 0.346 e. The molecule has 0 aliphatic rings. The van der Waals surface area contributed by atoms with Crippen LogP contribution in [0.25, 0.3) is 21.5 Å². The molecular weight excluding hydrogens is 334 g/mol. The first-order chi connectivity index (χ1) is 13.0. The van der Waals surface area contributed by atoms with E-state index in [1.807, 2.05) is 6.92 Å². The molecule has 2 heterocycles. The Bertz CT molecular complexity index is 1190. The Kier molecular flexibility index (Phi) is 4.34. The number of fused-ring (bicyclic) bond motifs is 2. The van der Waals surface area contributed by atoms with Gasteiger partial charge in [-0.15, -0.1) is 0 Å². The van der Waals surface area contributed by atoms with E-state index < -0.39 is 0 Å². The number of rotatable bonds is 4. The van der Waals surface area contributed by atoms with E-state index >= 15 is 0 Å². The smallest absolute Gasteiger partial charge is 0.276 e. The predicted octanol–water partition coefficient (Wildman–Crippen LogP) is 4.44. The maximum atomic E-state index is 12.8. The fourth-order valence-corrected chi connectivity index (χ4v) is 3.90. The Morgan fingerprint density at radius 3 is 2.56 bits per heavy atom. The van der Waals surface area contributed by atoms with E-state index in [0.29, 0.717) is 5.92 Å². The number of hydrogen-bond donors (Lipinski definition) is 0. The molecule has 0 N–H and O–H groups in total. The monoisotopic (exact) mass is 359 g/mol. The van der Waals surface area contributed by atoms with Crippen molar-refractivity contribution in [3.05, 3.63) is 76.0 Å². The molecule has 4 aromatic rings. The first-order valence-corrected chi connectivity index (χ1v) is 9.48. The second kappa shape index (κ2) is 6.69. The molecule has 0 atom stereocenters. The van der Waals surface area contributed by atoms with Gasteiger partial charge in [0.2, 0.25) is 0 Å². The minimum atomic E-state index is -0.0216. The fourth-order valence-electron chi connectivity index (χ4n) is 3.90. The molecule has 0 aliphatic heterocycles. The Labute approximate surface area is 159 Å². The maximum Gasteiger partial charge on any atom is 0.276 e. The van der Waals surface area contributed by atoms with Crippen molar-refractivity contribution in [2.45, 2.75) is 33.7 Å². The molecule has 2 aromatic carbocycles. The van der Waals surface area contributed by atoms with Gasteiger partial charge in [-0.25, -0.2) is 4.68 Å². The van der Waals surface area contributed by atoms with Crippen LogP contribution in [0.3, 0.4) is 0 Å². The number of hydrogen-bond acceptors (Lipinski definition) is 2. The summed E-state index contributed by atoms with van der Waals surface area (Å²) in [6, 6.07) is 14.8.